The lowest BCUT2D eigenvalue weighted by atomic mass is 9.88. The van der Waals surface area contributed by atoms with Crippen molar-refractivity contribution in [1.82, 2.24) is 16.0 Å². The molecule has 3 amide bonds. The molecular weight excluding hydrogens is 490 g/mol. The van der Waals surface area contributed by atoms with Crippen molar-refractivity contribution in [2.75, 3.05) is 26.4 Å². The SMILES string of the molecule is CCC(C)(CO)COCC(C)(C)CC(=O)NCCCCC(NC(=O)NC(CCC(=O)O)C(=O)O)C(=O)O. The van der Waals surface area contributed by atoms with E-state index in [1.54, 1.807) is 0 Å². The third kappa shape index (κ3) is 15.7. The minimum absolute atomic E-state index is 0.0169. The van der Waals surface area contributed by atoms with Crippen LogP contribution in [0.3, 0.4) is 0 Å². The Morgan fingerprint density at radius 1 is 0.865 bits per heavy atom. The number of unbranched alkanes of at least 4 members (excludes halogenated alkanes) is 1. The van der Waals surface area contributed by atoms with E-state index in [0.717, 1.165) is 6.42 Å². The van der Waals surface area contributed by atoms with Crippen LogP contribution in [0.25, 0.3) is 0 Å². The molecule has 0 saturated heterocycles. The van der Waals surface area contributed by atoms with E-state index in [2.05, 4.69) is 16.0 Å². The molecule has 0 bridgehead atoms. The first-order chi connectivity index (χ1) is 17.1. The molecule has 0 fully saturated rings. The highest BCUT2D eigenvalue weighted by atomic mass is 16.5. The number of carboxylic acids is 3. The van der Waals surface area contributed by atoms with Gasteiger partial charge in [0, 0.05) is 24.8 Å². The van der Waals surface area contributed by atoms with Crippen molar-refractivity contribution in [3.05, 3.63) is 0 Å². The van der Waals surface area contributed by atoms with E-state index in [4.69, 9.17) is 14.9 Å². The van der Waals surface area contributed by atoms with E-state index in [1.807, 2.05) is 27.7 Å². The molecule has 0 heterocycles. The second kappa shape index (κ2) is 16.7. The Morgan fingerprint density at radius 3 is 1.92 bits per heavy atom. The molecule has 0 aliphatic heterocycles. The summed E-state index contributed by atoms with van der Waals surface area (Å²) in [5.74, 6) is -4.14. The Hall–Kier alpha value is -2.93. The average molecular weight is 534 g/mol. The standard InChI is InChI=1S/C24H43N3O10/c1-5-24(4,13-28)15-37-14-23(2,3)12-18(29)25-11-7-6-8-16(20(32)33)26-22(36)27-17(21(34)35)9-10-19(30)31/h16-17,28H,5-15H2,1-4H3,(H,25,29)(H,30,31)(H,32,33)(H,34,35)(H2,26,27,36). The lowest BCUT2D eigenvalue weighted by molar-refractivity contribution is -0.140. The van der Waals surface area contributed by atoms with Gasteiger partial charge in [0.2, 0.25) is 5.91 Å². The lowest BCUT2D eigenvalue weighted by Crippen LogP contribution is -2.51. The van der Waals surface area contributed by atoms with Crippen LogP contribution in [0.15, 0.2) is 0 Å². The van der Waals surface area contributed by atoms with Crippen LogP contribution in [0.5, 0.6) is 0 Å². The van der Waals surface area contributed by atoms with Gasteiger partial charge in [-0.3, -0.25) is 9.59 Å². The van der Waals surface area contributed by atoms with Gasteiger partial charge >= 0.3 is 23.9 Å². The first-order valence-electron chi connectivity index (χ1n) is 12.3. The smallest absolute Gasteiger partial charge is 0.326 e. The van der Waals surface area contributed by atoms with Gasteiger partial charge in [-0.15, -0.1) is 0 Å². The molecule has 3 unspecified atom stereocenters. The zero-order chi connectivity index (χ0) is 28.6. The number of hydrogen-bond donors (Lipinski definition) is 7. The molecular formula is C24H43N3O10. The summed E-state index contributed by atoms with van der Waals surface area (Å²) >= 11 is 0. The third-order valence-electron chi connectivity index (χ3n) is 5.91. The van der Waals surface area contributed by atoms with Crippen LogP contribution >= 0.6 is 0 Å². The number of hydrogen-bond acceptors (Lipinski definition) is 7. The molecule has 0 aromatic heterocycles. The van der Waals surface area contributed by atoms with Crippen molar-refractivity contribution in [3.63, 3.8) is 0 Å². The van der Waals surface area contributed by atoms with E-state index in [-0.39, 0.29) is 37.2 Å². The number of aliphatic hydroxyl groups excluding tert-OH is 1. The Labute approximate surface area is 217 Å². The third-order valence-corrected chi connectivity index (χ3v) is 5.91. The summed E-state index contributed by atoms with van der Waals surface area (Å²) in [5.41, 5.74) is -0.738. The Morgan fingerprint density at radius 2 is 1.43 bits per heavy atom. The number of aliphatic hydroxyl groups is 1. The van der Waals surface area contributed by atoms with Gasteiger partial charge in [-0.2, -0.15) is 0 Å². The molecule has 0 spiro atoms. The molecule has 13 nitrogen and oxygen atoms in total. The zero-order valence-electron chi connectivity index (χ0n) is 22.2. The van der Waals surface area contributed by atoms with Gasteiger partial charge in [0.05, 0.1) is 19.8 Å². The maximum Gasteiger partial charge on any atom is 0.326 e. The highest BCUT2D eigenvalue weighted by Crippen LogP contribution is 2.24. The summed E-state index contributed by atoms with van der Waals surface area (Å²) < 4.78 is 5.74. The van der Waals surface area contributed by atoms with E-state index in [1.165, 1.54) is 0 Å². The predicted octanol–water partition coefficient (Wildman–Crippen LogP) is 1.18. The number of amides is 3. The summed E-state index contributed by atoms with van der Waals surface area (Å²) in [6.07, 6.45) is 1.03. The maximum atomic E-state index is 12.3. The van der Waals surface area contributed by atoms with E-state index >= 15 is 0 Å². The molecule has 3 atom stereocenters. The van der Waals surface area contributed by atoms with Gasteiger partial charge in [0.1, 0.15) is 12.1 Å². The van der Waals surface area contributed by atoms with Crippen LogP contribution in [0.1, 0.15) is 72.6 Å². The maximum absolute atomic E-state index is 12.3. The molecule has 0 rings (SSSR count). The highest BCUT2D eigenvalue weighted by Gasteiger charge is 2.27. The van der Waals surface area contributed by atoms with Crippen LogP contribution in [0, 0.1) is 10.8 Å². The number of aliphatic carboxylic acids is 3. The van der Waals surface area contributed by atoms with Gasteiger partial charge in [0.15, 0.2) is 0 Å². The molecule has 0 saturated carbocycles. The molecule has 0 aromatic carbocycles. The van der Waals surface area contributed by atoms with Crippen molar-refractivity contribution >= 4 is 29.8 Å². The predicted molar refractivity (Wildman–Crippen MR) is 133 cm³/mol. The fourth-order valence-electron chi connectivity index (χ4n) is 3.22. The monoisotopic (exact) mass is 533 g/mol. The number of carbonyl (C=O) groups is 5. The lowest BCUT2D eigenvalue weighted by Gasteiger charge is -2.29. The first-order valence-corrected chi connectivity index (χ1v) is 12.3. The van der Waals surface area contributed by atoms with E-state index in [0.29, 0.717) is 32.6 Å². The molecule has 214 valence electrons. The topological polar surface area (TPSA) is 212 Å². The van der Waals surface area contributed by atoms with Crippen LogP contribution in [0.2, 0.25) is 0 Å². The molecule has 0 aliphatic rings. The fraction of sp³-hybridized carbons (Fsp3) is 0.792. The summed E-state index contributed by atoms with van der Waals surface area (Å²) in [4.78, 5) is 57.5. The van der Waals surface area contributed by atoms with Crippen molar-refractivity contribution in [3.8, 4) is 0 Å². The summed E-state index contributed by atoms with van der Waals surface area (Å²) in [6.45, 7) is 8.77. The summed E-state index contributed by atoms with van der Waals surface area (Å²) in [5, 5.41) is 43.6. The molecule has 0 aliphatic carbocycles. The average Bonchev–Trinajstić information content (AvgIpc) is 2.79. The largest absolute Gasteiger partial charge is 0.481 e. The van der Waals surface area contributed by atoms with Crippen molar-refractivity contribution in [2.24, 2.45) is 10.8 Å². The van der Waals surface area contributed by atoms with Crippen molar-refractivity contribution in [1.29, 1.82) is 0 Å². The van der Waals surface area contributed by atoms with Gasteiger partial charge < -0.3 is 41.1 Å². The van der Waals surface area contributed by atoms with Crippen LogP contribution in [-0.2, 0) is 23.9 Å². The number of urea groups is 1. The Balaban J connectivity index is 4.42. The Bertz CT molecular complexity index is 768. The number of carbonyl (C=O) groups excluding carboxylic acids is 2. The number of rotatable bonds is 20. The number of ether oxygens (including phenoxy) is 1. The quantitative estimate of drug-likeness (QED) is 0.111. The van der Waals surface area contributed by atoms with E-state index < -0.39 is 47.9 Å². The van der Waals surface area contributed by atoms with Crippen LogP contribution in [-0.4, -0.2) is 88.7 Å². The summed E-state index contributed by atoms with van der Waals surface area (Å²) in [6, 6.07) is -3.78. The van der Waals surface area contributed by atoms with Gasteiger partial charge in [-0.1, -0.05) is 27.7 Å². The summed E-state index contributed by atoms with van der Waals surface area (Å²) in [7, 11) is 0. The van der Waals surface area contributed by atoms with Crippen LogP contribution < -0.4 is 16.0 Å². The van der Waals surface area contributed by atoms with Crippen LogP contribution in [0.4, 0.5) is 4.79 Å². The molecule has 0 radical (unpaired) electrons. The second-order valence-corrected chi connectivity index (χ2v) is 10.3. The Kier molecular flexibility index (Phi) is 15.4. The second-order valence-electron chi connectivity index (χ2n) is 10.3. The van der Waals surface area contributed by atoms with Gasteiger partial charge in [-0.25, -0.2) is 14.4 Å². The molecule has 37 heavy (non-hydrogen) atoms. The first kappa shape index (κ1) is 34.1. The number of carboxylic acid groups (broad SMARTS) is 3. The minimum Gasteiger partial charge on any atom is -0.481 e. The van der Waals surface area contributed by atoms with Gasteiger partial charge in [-0.05, 0) is 37.5 Å². The van der Waals surface area contributed by atoms with Gasteiger partial charge in [0.25, 0.3) is 0 Å². The molecule has 0 aromatic rings. The number of nitrogens with one attached hydrogen (secondary N) is 3. The highest BCUT2D eigenvalue weighted by molar-refractivity contribution is 5.86. The normalized spacial score (nSPS) is 14.6. The molecule has 13 heteroatoms. The van der Waals surface area contributed by atoms with E-state index in [9.17, 15) is 34.2 Å². The zero-order valence-corrected chi connectivity index (χ0v) is 22.2. The minimum atomic E-state index is -1.47. The van der Waals surface area contributed by atoms with Crippen molar-refractivity contribution in [2.45, 2.75) is 84.7 Å². The molecule has 7 N–H and O–H groups in total. The fourth-order valence-corrected chi connectivity index (χ4v) is 3.22. The van der Waals surface area contributed by atoms with Crippen molar-refractivity contribution < 1.29 is 49.1 Å².